The third kappa shape index (κ3) is 1.53. The molecular weight excluding hydrogens is 156 g/mol. The summed E-state index contributed by atoms with van der Waals surface area (Å²) in [5.41, 5.74) is 7.11. The topological polar surface area (TPSA) is 69.2 Å². The van der Waals surface area contributed by atoms with Gasteiger partial charge in [0, 0.05) is 17.8 Å². The van der Waals surface area contributed by atoms with Gasteiger partial charge in [0.25, 0.3) is 5.69 Å². The average molecular weight is 166 g/mol. The Morgan fingerprint density at radius 3 is 2.75 bits per heavy atom. The number of non-ortho nitro benzene ring substituents is 1. The molecule has 4 heteroatoms. The molecule has 1 aromatic carbocycles. The lowest BCUT2D eigenvalue weighted by Gasteiger charge is -2.00. The Morgan fingerprint density at radius 1 is 1.58 bits per heavy atom. The van der Waals surface area contributed by atoms with E-state index in [-0.39, 0.29) is 5.69 Å². The molecule has 0 atom stereocenters. The molecule has 0 spiro atoms. The van der Waals surface area contributed by atoms with Crippen molar-refractivity contribution in [3.8, 4) is 0 Å². The monoisotopic (exact) mass is 166 g/mol. The van der Waals surface area contributed by atoms with E-state index in [1.54, 1.807) is 6.07 Å². The summed E-state index contributed by atoms with van der Waals surface area (Å²) in [5, 5.41) is 10.3. The standard InChI is InChI=1S/C8H10N2O2/c1-2-6-5-7(10(11)12)3-4-8(6)9/h3-5H,2,9H2,1H3. The Labute approximate surface area is 70.2 Å². The van der Waals surface area contributed by atoms with Gasteiger partial charge in [-0.25, -0.2) is 0 Å². The minimum absolute atomic E-state index is 0.0982. The van der Waals surface area contributed by atoms with Crippen LogP contribution in [0.25, 0.3) is 0 Å². The second-order valence-electron chi connectivity index (χ2n) is 2.49. The average Bonchev–Trinajstić information content (AvgIpc) is 2.05. The van der Waals surface area contributed by atoms with Gasteiger partial charge in [-0.1, -0.05) is 6.92 Å². The summed E-state index contributed by atoms with van der Waals surface area (Å²) in [5.74, 6) is 0. The smallest absolute Gasteiger partial charge is 0.269 e. The summed E-state index contributed by atoms with van der Waals surface area (Å²) < 4.78 is 0. The maximum absolute atomic E-state index is 10.3. The van der Waals surface area contributed by atoms with Crippen LogP contribution in [0.4, 0.5) is 11.4 Å². The van der Waals surface area contributed by atoms with Crippen molar-refractivity contribution in [3.63, 3.8) is 0 Å². The maximum atomic E-state index is 10.3. The zero-order valence-electron chi connectivity index (χ0n) is 6.78. The van der Waals surface area contributed by atoms with Crippen molar-refractivity contribution >= 4 is 11.4 Å². The fourth-order valence-electron chi connectivity index (χ4n) is 1.01. The van der Waals surface area contributed by atoms with E-state index < -0.39 is 4.92 Å². The minimum atomic E-state index is -0.418. The van der Waals surface area contributed by atoms with Crippen molar-refractivity contribution in [2.45, 2.75) is 13.3 Å². The first-order chi connectivity index (χ1) is 5.65. The lowest BCUT2D eigenvalue weighted by Crippen LogP contribution is -1.95. The van der Waals surface area contributed by atoms with Gasteiger partial charge >= 0.3 is 0 Å². The van der Waals surface area contributed by atoms with Gasteiger partial charge in [-0.2, -0.15) is 0 Å². The van der Waals surface area contributed by atoms with Crippen LogP contribution in [0.15, 0.2) is 18.2 Å². The molecule has 0 heterocycles. The predicted octanol–water partition coefficient (Wildman–Crippen LogP) is 1.74. The van der Waals surface area contributed by atoms with Gasteiger partial charge in [0.15, 0.2) is 0 Å². The molecule has 0 saturated heterocycles. The van der Waals surface area contributed by atoms with Crippen LogP contribution < -0.4 is 5.73 Å². The largest absolute Gasteiger partial charge is 0.398 e. The van der Waals surface area contributed by atoms with Crippen molar-refractivity contribution < 1.29 is 4.92 Å². The molecule has 0 bridgehead atoms. The Kier molecular flexibility index (Phi) is 2.28. The van der Waals surface area contributed by atoms with Crippen LogP contribution in [0.3, 0.4) is 0 Å². The van der Waals surface area contributed by atoms with Crippen LogP contribution >= 0.6 is 0 Å². The van der Waals surface area contributed by atoms with Crippen LogP contribution in [0.2, 0.25) is 0 Å². The van der Waals surface area contributed by atoms with E-state index in [0.717, 1.165) is 5.56 Å². The number of nitrogens with zero attached hydrogens (tertiary/aromatic N) is 1. The molecular formula is C8H10N2O2. The maximum Gasteiger partial charge on any atom is 0.269 e. The van der Waals surface area contributed by atoms with E-state index in [9.17, 15) is 10.1 Å². The van der Waals surface area contributed by atoms with Gasteiger partial charge in [-0.15, -0.1) is 0 Å². The number of nitro benzene ring substituents is 1. The van der Waals surface area contributed by atoms with E-state index in [0.29, 0.717) is 12.1 Å². The molecule has 64 valence electrons. The number of anilines is 1. The minimum Gasteiger partial charge on any atom is -0.398 e. The number of aryl methyl sites for hydroxylation is 1. The van der Waals surface area contributed by atoms with E-state index in [4.69, 9.17) is 5.73 Å². The van der Waals surface area contributed by atoms with Crippen LogP contribution in [0.5, 0.6) is 0 Å². The molecule has 0 amide bonds. The lowest BCUT2D eigenvalue weighted by atomic mass is 10.1. The molecule has 1 aromatic rings. The van der Waals surface area contributed by atoms with Gasteiger partial charge in [0.1, 0.15) is 0 Å². The zero-order chi connectivity index (χ0) is 9.14. The highest BCUT2D eigenvalue weighted by Gasteiger charge is 2.06. The summed E-state index contributed by atoms with van der Waals surface area (Å²) in [6, 6.07) is 4.49. The van der Waals surface area contributed by atoms with Crippen molar-refractivity contribution in [2.75, 3.05) is 5.73 Å². The van der Waals surface area contributed by atoms with Crippen LogP contribution in [-0.2, 0) is 6.42 Å². The summed E-state index contributed by atoms with van der Waals surface area (Å²) in [7, 11) is 0. The van der Waals surface area contributed by atoms with Crippen LogP contribution in [-0.4, -0.2) is 4.92 Å². The third-order valence-electron chi connectivity index (χ3n) is 1.72. The third-order valence-corrected chi connectivity index (χ3v) is 1.72. The van der Waals surface area contributed by atoms with E-state index in [1.807, 2.05) is 6.92 Å². The Hall–Kier alpha value is -1.58. The summed E-state index contributed by atoms with van der Waals surface area (Å²) >= 11 is 0. The Bertz CT molecular complexity index is 310. The molecule has 0 unspecified atom stereocenters. The molecule has 0 aliphatic heterocycles. The second kappa shape index (κ2) is 3.21. The number of benzene rings is 1. The molecule has 1 rings (SSSR count). The van der Waals surface area contributed by atoms with Crippen LogP contribution in [0.1, 0.15) is 12.5 Å². The van der Waals surface area contributed by atoms with Crippen LogP contribution in [0, 0.1) is 10.1 Å². The molecule has 0 fully saturated rings. The SMILES string of the molecule is CCc1cc([N+](=O)[O-])ccc1N. The van der Waals surface area contributed by atoms with Gasteiger partial charge in [0.05, 0.1) is 4.92 Å². The molecule has 0 aliphatic rings. The molecule has 0 saturated carbocycles. The highest BCUT2D eigenvalue weighted by Crippen LogP contribution is 2.19. The van der Waals surface area contributed by atoms with Gasteiger partial charge < -0.3 is 5.73 Å². The first kappa shape index (κ1) is 8.52. The number of nitrogen functional groups attached to an aromatic ring is 1. The number of nitro groups is 1. The van der Waals surface area contributed by atoms with Gasteiger partial charge in [-0.05, 0) is 18.1 Å². The van der Waals surface area contributed by atoms with Crippen molar-refractivity contribution in [1.82, 2.24) is 0 Å². The fraction of sp³-hybridized carbons (Fsp3) is 0.250. The molecule has 4 nitrogen and oxygen atoms in total. The molecule has 12 heavy (non-hydrogen) atoms. The zero-order valence-corrected chi connectivity index (χ0v) is 6.78. The van der Waals surface area contributed by atoms with E-state index in [2.05, 4.69) is 0 Å². The van der Waals surface area contributed by atoms with E-state index >= 15 is 0 Å². The number of hydrogen-bond donors (Lipinski definition) is 1. The molecule has 2 N–H and O–H groups in total. The predicted molar refractivity (Wildman–Crippen MR) is 46.9 cm³/mol. The first-order valence-electron chi connectivity index (χ1n) is 3.68. The Morgan fingerprint density at radius 2 is 2.25 bits per heavy atom. The van der Waals surface area contributed by atoms with E-state index in [1.165, 1.54) is 12.1 Å². The number of hydrogen-bond acceptors (Lipinski definition) is 3. The highest BCUT2D eigenvalue weighted by atomic mass is 16.6. The summed E-state index contributed by atoms with van der Waals surface area (Å²) in [4.78, 5) is 9.93. The van der Waals surface area contributed by atoms with Crippen molar-refractivity contribution in [1.29, 1.82) is 0 Å². The first-order valence-corrected chi connectivity index (χ1v) is 3.68. The van der Waals surface area contributed by atoms with Gasteiger partial charge in [-0.3, -0.25) is 10.1 Å². The highest BCUT2D eigenvalue weighted by molar-refractivity contribution is 5.52. The Balaban J connectivity index is 3.13. The fourth-order valence-corrected chi connectivity index (χ4v) is 1.01. The number of nitrogens with two attached hydrogens (primary N) is 1. The quantitative estimate of drug-likeness (QED) is 0.413. The van der Waals surface area contributed by atoms with Crippen molar-refractivity contribution in [2.24, 2.45) is 0 Å². The second-order valence-corrected chi connectivity index (χ2v) is 2.49. The normalized spacial score (nSPS) is 9.75. The van der Waals surface area contributed by atoms with Crippen molar-refractivity contribution in [3.05, 3.63) is 33.9 Å². The molecule has 0 aliphatic carbocycles. The van der Waals surface area contributed by atoms with Gasteiger partial charge in [0.2, 0.25) is 0 Å². The molecule has 0 aromatic heterocycles. The molecule has 0 radical (unpaired) electrons. The summed E-state index contributed by atoms with van der Waals surface area (Å²) in [6.45, 7) is 1.91. The lowest BCUT2D eigenvalue weighted by molar-refractivity contribution is -0.384. The number of rotatable bonds is 2. The summed E-state index contributed by atoms with van der Waals surface area (Å²) in [6.07, 6.45) is 0.716.